The highest BCUT2D eigenvalue weighted by molar-refractivity contribution is 5.58. The molecule has 0 aliphatic carbocycles. The predicted octanol–water partition coefficient (Wildman–Crippen LogP) is 7.81. The van der Waals surface area contributed by atoms with Crippen LogP contribution in [-0.2, 0) is 0 Å². The van der Waals surface area contributed by atoms with E-state index >= 15 is 0 Å². The van der Waals surface area contributed by atoms with E-state index in [1.165, 1.54) is 64.2 Å². The molecule has 0 heterocycles. The van der Waals surface area contributed by atoms with Crippen LogP contribution in [0.15, 0.2) is 24.8 Å². The van der Waals surface area contributed by atoms with Gasteiger partial charge in [0.15, 0.2) is 0 Å². The van der Waals surface area contributed by atoms with Gasteiger partial charge in [0.1, 0.15) is 11.5 Å². The lowest BCUT2D eigenvalue weighted by molar-refractivity contribution is 0.296. The summed E-state index contributed by atoms with van der Waals surface area (Å²) in [5, 5.41) is 0. The average molecular weight is 361 g/mol. The molecule has 0 aliphatic rings. The van der Waals surface area contributed by atoms with Crippen molar-refractivity contribution in [3.8, 4) is 11.5 Å². The SMILES string of the molecule is C=Cc1cc(OCCCCCCCC)ccc1OCCCCCCCC. The van der Waals surface area contributed by atoms with Gasteiger partial charge in [0.2, 0.25) is 0 Å². The summed E-state index contributed by atoms with van der Waals surface area (Å²) in [5.74, 6) is 1.83. The molecule has 0 aromatic heterocycles. The topological polar surface area (TPSA) is 18.5 Å². The van der Waals surface area contributed by atoms with E-state index in [0.717, 1.165) is 43.1 Å². The van der Waals surface area contributed by atoms with Crippen molar-refractivity contribution in [3.05, 3.63) is 30.3 Å². The fraction of sp³-hybridized carbons (Fsp3) is 0.667. The zero-order valence-electron chi connectivity index (χ0n) is 17.2. The van der Waals surface area contributed by atoms with Crippen molar-refractivity contribution in [3.63, 3.8) is 0 Å². The van der Waals surface area contributed by atoms with Crippen LogP contribution in [0, 0.1) is 0 Å². The van der Waals surface area contributed by atoms with Crippen LogP contribution in [0.5, 0.6) is 11.5 Å². The molecule has 1 aromatic rings. The standard InChI is InChI=1S/C24H40O2/c1-4-7-9-11-13-15-19-25-23-17-18-24(22(6-3)21-23)26-20-16-14-12-10-8-5-2/h6,17-18,21H,3-5,7-16,19-20H2,1-2H3. The molecule has 0 bridgehead atoms. The van der Waals surface area contributed by atoms with Crippen LogP contribution in [0.3, 0.4) is 0 Å². The molecule has 0 N–H and O–H groups in total. The van der Waals surface area contributed by atoms with Crippen molar-refractivity contribution in [1.82, 2.24) is 0 Å². The molecule has 0 unspecified atom stereocenters. The van der Waals surface area contributed by atoms with Gasteiger partial charge in [-0.1, -0.05) is 90.7 Å². The molecule has 1 rings (SSSR count). The number of ether oxygens (including phenoxy) is 2. The molecule has 0 aliphatic heterocycles. The van der Waals surface area contributed by atoms with Gasteiger partial charge in [-0.3, -0.25) is 0 Å². The molecular weight excluding hydrogens is 320 g/mol. The number of unbranched alkanes of at least 4 members (excludes halogenated alkanes) is 10. The van der Waals surface area contributed by atoms with Crippen LogP contribution in [0.1, 0.15) is 96.5 Å². The summed E-state index contributed by atoms with van der Waals surface area (Å²) in [6, 6.07) is 6.08. The molecule has 2 nitrogen and oxygen atoms in total. The smallest absolute Gasteiger partial charge is 0.126 e. The van der Waals surface area contributed by atoms with Gasteiger partial charge in [-0.2, -0.15) is 0 Å². The Morgan fingerprint density at radius 1 is 0.731 bits per heavy atom. The molecule has 0 amide bonds. The van der Waals surface area contributed by atoms with Crippen LogP contribution >= 0.6 is 0 Å². The quantitative estimate of drug-likeness (QED) is 0.264. The maximum atomic E-state index is 5.94. The molecule has 0 saturated heterocycles. The zero-order chi connectivity index (χ0) is 18.9. The summed E-state index contributed by atoms with van der Waals surface area (Å²) in [6.45, 7) is 9.99. The lowest BCUT2D eigenvalue weighted by atomic mass is 10.1. The first-order valence-corrected chi connectivity index (χ1v) is 10.8. The van der Waals surface area contributed by atoms with E-state index in [2.05, 4.69) is 20.4 Å². The van der Waals surface area contributed by atoms with Crippen molar-refractivity contribution in [2.75, 3.05) is 13.2 Å². The first-order valence-electron chi connectivity index (χ1n) is 10.8. The maximum Gasteiger partial charge on any atom is 0.126 e. The van der Waals surface area contributed by atoms with Gasteiger partial charge in [0.05, 0.1) is 13.2 Å². The van der Waals surface area contributed by atoms with Crippen molar-refractivity contribution >= 4 is 6.08 Å². The summed E-state index contributed by atoms with van der Waals surface area (Å²) in [5.41, 5.74) is 1.02. The highest BCUT2D eigenvalue weighted by atomic mass is 16.5. The van der Waals surface area contributed by atoms with Crippen molar-refractivity contribution < 1.29 is 9.47 Å². The summed E-state index contributed by atoms with van der Waals surface area (Å²) >= 11 is 0. The summed E-state index contributed by atoms with van der Waals surface area (Å²) in [7, 11) is 0. The Labute approximate surface area is 162 Å². The Morgan fingerprint density at radius 3 is 1.85 bits per heavy atom. The Hall–Kier alpha value is -1.44. The third-order valence-electron chi connectivity index (χ3n) is 4.72. The number of hydrogen-bond donors (Lipinski definition) is 0. The van der Waals surface area contributed by atoms with Crippen molar-refractivity contribution in [2.24, 2.45) is 0 Å². The van der Waals surface area contributed by atoms with Gasteiger partial charge in [-0.25, -0.2) is 0 Å². The molecule has 2 heteroatoms. The fourth-order valence-electron chi connectivity index (χ4n) is 3.04. The molecule has 0 radical (unpaired) electrons. The first-order chi connectivity index (χ1) is 12.8. The van der Waals surface area contributed by atoms with Crippen LogP contribution in [0.4, 0.5) is 0 Å². The molecule has 148 valence electrons. The van der Waals surface area contributed by atoms with Crippen LogP contribution in [0.25, 0.3) is 6.08 Å². The van der Waals surface area contributed by atoms with Crippen LogP contribution in [-0.4, -0.2) is 13.2 Å². The molecule has 1 aromatic carbocycles. The molecular formula is C24H40O2. The minimum absolute atomic E-state index is 0.783. The van der Waals surface area contributed by atoms with Gasteiger partial charge < -0.3 is 9.47 Å². The molecule has 0 atom stereocenters. The van der Waals surface area contributed by atoms with Crippen molar-refractivity contribution in [2.45, 2.75) is 90.9 Å². The highest BCUT2D eigenvalue weighted by Crippen LogP contribution is 2.26. The van der Waals surface area contributed by atoms with Gasteiger partial charge in [-0.05, 0) is 31.0 Å². The van der Waals surface area contributed by atoms with Gasteiger partial charge in [0.25, 0.3) is 0 Å². The Bertz CT molecular complexity index is 467. The number of rotatable bonds is 17. The molecule has 0 saturated carbocycles. The van der Waals surface area contributed by atoms with Crippen molar-refractivity contribution in [1.29, 1.82) is 0 Å². The summed E-state index contributed by atoms with van der Waals surface area (Å²) < 4.78 is 11.8. The number of benzene rings is 1. The third kappa shape index (κ3) is 10.5. The van der Waals surface area contributed by atoms with E-state index < -0.39 is 0 Å². The van der Waals surface area contributed by atoms with Crippen LogP contribution in [0.2, 0.25) is 0 Å². The highest BCUT2D eigenvalue weighted by Gasteiger charge is 2.04. The lowest BCUT2D eigenvalue weighted by Gasteiger charge is -2.12. The molecule has 26 heavy (non-hydrogen) atoms. The monoisotopic (exact) mass is 360 g/mol. The lowest BCUT2D eigenvalue weighted by Crippen LogP contribution is -2.01. The second kappa shape index (κ2) is 15.8. The average Bonchev–Trinajstić information content (AvgIpc) is 2.67. The minimum atomic E-state index is 0.783. The van der Waals surface area contributed by atoms with E-state index in [-0.39, 0.29) is 0 Å². The van der Waals surface area contributed by atoms with Gasteiger partial charge in [-0.15, -0.1) is 0 Å². The summed E-state index contributed by atoms with van der Waals surface area (Å²) in [4.78, 5) is 0. The molecule has 0 fully saturated rings. The minimum Gasteiger partial charge on any atom is -0.494 e. The molecule has 0 spiro atoms. The summed E-state index contributed by atoms with van der Waals surface area (Å²) in [6.07, 6.45) is 17.2. The second-order valence-corrected chi connectivity index (χ2v) is 7.14. The van der Waals surface area contributed by atoms with Gasteiger partial charge in [0, 0.05) is 5.56 Å². The van der Waals surface area contributed by atoms with E-state index in [9.17, 15) is 0 Å². The largest absolute Gasteiger partial charge is 0.494 e. The number of hydrogen-bond acceptors (Lipinski definition) is 2. The maximum absolute atomic E-state index is 5.94. The predicted molar refractivity (Wildman–Crippen MR) is 114 cm³/mol. The van der Waals surface area contributed by atoms with Gasteiger partial charge >= 0.3 is 0 Å². The van der Waals surface area contributed by atoms with Crippen LogP contribution < -0.4 is 9.47 Å². The normalized spacial score (nSPS) is 10.7. The third-order valence-corrected chi connectivity index (χ3v) is 4.72. The van der Waals surface area contributed by atoms with E-state index in [1.54, 1.807) is 0 Å². The first kappa shape index (κ1) is 22.6. The zero-order valence-corrected chi connectivity index (χ0v) is 17.2. The fourth-order valence-corrected chi connectivity index (χ4v) is 3.04. The Balaban J connectivity index is 2.25. The van der Waals surface area contributed by atoms with E-state index in [4.69, 9.17) is 9.47 Å². The Kier molecular flexibility index (Phi) is 13.7. The Morgan fingerprint density at radius 2 is 1.27 bits per heavy atom. The second-order valence-electron chi connectivity index (χ2n) is 7.14. The van der Waals surface area contributed by atoms with E-state index in [0.29, 0.717) is 0 Å². The van der Waals surface area contributed by atoms with E-state index in [1.807, 2.05) is 24.3 Å².